The first-order valence-corrected chi connectivity index (χ1v) is 6.08. The Morgan fingerprint density at radius 2 is 2.07 bits per heavy atom. The molecule has 0 aromatic heterocycles. The van der Waals surface area contributed by atoms with Crippen molar-refractivity contribution >= 4 is 16.8 Å². The van der Waals surface area contributed by atoms with Crippen LogP contribution in [0.25, 0.3) is 0 Å². The minimum atomic E-state index is -1.19. The third-order valence-electron chi connectivity index (χ3n) is 2.08. The van der Waals surface area contributed by atoms with Crippen LogP contribution < -0.4 is 0 Å². The summed E-state index contributed by atoms with van der Waals surface area (Å²) < 4.78 is 16.0. The monoisotopic (exact) mass is 226 g/mol. The molecule has 0 aliphatic heterocycles. The van der Waals surface area contributed by atoms with Crippen molar-refractivity contribution in [3.05, 3.63) is 35.4 Å². The molecule has 0 fully saturated rings. The van der Waals surface area contributed by atoms with E-state index in [1.807, 2.05) is 31.2 Å². The summed E-state index contributed by atoms with van der Waals surface area (Å²) in [7, 11) is 0.113. The molecule has 0 spiro atoms. The summed E-state index contributed by atoms with van der Waals surface area (Å²) in [5.41, 5.74) is 2.11. The Morgan fingerprint density at radius 3 is 2.67 bits per heavy atom. The molecule has 1 rings (SSSR count). The highest BCUT2D eigenvalue weighted by molar-refractivity contribution is 7.84. The van der Waals surface area contributed by atoms with Gasteiger partial charge in [0.1, 0.15) is 5.75 Å². The molecular formula is C11H14O3S. The molecule has 0 amide bonds. The van der Waals surface area contributed by atoms with E-state index in [0.29, 0.717) is 5.75 Å². The van der Waals surface area contributed by atoms with Crippen LogP contribution in [0.4, 0.5) is 0 Å². The van der Waals surface area contributed by atoms with Crippen molar-refractivity contribution in [2.24, 2.45) is 0 Å². The number of hydrogen-bond acceptors (Lipinski definition) is 3. The molecule has 15 heavy (non-hydrogen) atoms. The smallest absolute Gasteiger partial charge is 0.318 e. The maximum Gasteiger partial charge on any atom is 0.318 e. The van der Waals surface area contributed by atoms with Gasteiger partial charge in [-0.3, -0.25) is 9.00 Å². The third kappa shape index (κ3) is 3.83. The van der Waals surface area contributed by atoms with E-state index in [1.54, 1.807) is 0 Å². The van der Waals surface area contributed by atoms with Crippen LogP contribution in [0.3, 0.4) is 0 Å². The van der Waals surface area contributed by atoms with Gasteiger partial charge in [-0.1, -0.05) is 24.3 Å². The molecule has 0 heterocycles. The van der Waals surface area contributed by atoms with Gasteiger partial charge in [0.15, 0.2) is 0 Å². The zero-order chi connectivity index (χ0) is 11.3. The number of methoxy groups -OCH3 is 1. The Balaban J connectivity index is 2.59. The fraction of sp³-hybridized carbons (Fsp3) is 0.364. The van der Waals surface area contributed by atoms with Crippen LogP contribution in [0.5, 0.6) is 0 Å². The van der Waals surface area contributed by atoms with Gasteiger partial charge < -0.3 is 4.74 Å². The summed E-state index contributed by atoms with van der Waals surface area (Å²) in [6, 6.07) is 7.72. The molecule has 1 atom stereocenters. The van der Waals surface area contributed by atoms with Gasteiger partial charge in [-0.2, -0.15) is 0 Å². The van der Waals surface area contributed by atoms with E-state index in [4.69, 9.17) is 0 Å². The highest BCUT2D eigenvalue weighted by Crippen LogP contribution is 2.09. The molecule has 0 saturated carbocycles. The first kappa shape index (κ1) is 11.9. The van der Waals surface area contributed by atoms with Crippen molar-refractivity contribution in [2.75, 3.05) is 12.9 Å². The molecule has 0 radical (unpaired) electrons. The number of hydrogen-bond donors (Lipinski definition) is 0. The van der Waals surface area contributed by atoms with Crippen LogP contribution in [0.15, 0.2) is 24.3 Å². The fourth-order valence-corrected chi connectivity index (χ4v) is 2.34. The number of rotatable bonds is 4. The van der Waals surface area contributed by atoms with Crippen molar-refractivity contribution in [3.63, 3.8) is 0 Å². The Labute approximate surface area is 91.9 Å². The standard InChI is InChI=1S/C11H14O3S/c1-9-5-3-4-6-10(9)7-15(13)8-11(12)14-2/h3-6H,7-8H2,1-2H3. The number of carbonyl (C=O) groups is 1. The zero-order valence-electron chi connectivity index (χ0n) is 8.86. The largest absolute Gasteiger partial charge is 0.468 e. The van der Waals surface area contributed by atoms with E-state index in [1.165, 1.54) is 7.11 Å². The van der Waals surface area contributed by atoms with E-state index < -0.39 is 16.8 Å². The molecule has 0 bridgehead atoms. The lowest BCUT2D eigenvalue weighted by molar-refractivity contribution is -0.137. The van der Waals surface area contributed by atoms with Crippen molar-refractivity contribution in [1.29, 1.82) is 0 Å². The van der Waals surface area contributed by atoms with Crippen molar-refractivity contribution in [1.82, 2.24) is 0 Å². The van der Waals surface area contributed by atoms with Gasteiger partial charge in [0.05, 0.1) is 7.11 Å². The van der Waals surface area contributed by atoms with Crippen LogP contribution in [0, 0.1) is 6.92 Å². The number of ether oxygens (including phenoxy) is 1. The summed E-state index contributed by atoms with van der Waals surface area (Å²) in [5.74, 6) is -0.0611. The zero-order valence-corrected chi connectivity index (χ0v) is 9.67. The second-order valence-corrected chi connectivity index (χ2v) is 4.69. The summed E-state index contributed by atoms with van der Waals surface area (Å²) in [6.07, 6.45) is 0. The lowest BCUT2D eigenvalue weighted by Gasteiger charge is -2.04. The molecule has 0 N–H and O–H groups in total. The quantitative estimate of drug-likeness (QED) is 0.729. The predicted molar refractivity (Wildman–Crippen MR) is 59.9 cm³/mol. The number of esters is 1. The van der Waals surface area contributed by atoms with E-state index >= 15 is 0 Å². The second kappa shape index (κ2) is 5.66. The lowest BCUT2D eigenvalue weighted by atomic mass is 10.1. The fourth-order valence-electron chi connectivity index (χ4n) is 1.19. The first-order chi connectivity index (χ1) is 7.13. The maximum absolute atomic E-state index is 11.5. The molecule has 0 aliphatic rings. The van der Waals surface area contributed by atoms with Gasteiger partial charge >= 0.3 is 5.97 Å². The average Bonchev–Trinajstić information content (AvgIpc) is 2.21. The van der Waals surface area contributed by atoms with E-state index in [2.05, 4.69) is 4.74 Å². The molecule has 1 aromatic carbocycles. The number of benzene rings is 1. The number of carbonyl (C=O) groups excluding carboxylic acids is 1. The van der Waals surface area contributed by atoms with Crippen molar-refractivity contribution in [3.8, 4) is 0 Å². The Bertz CT molecular complexity index is 374. The molecular weight excluding hydrogens is 212 g/mol. The van der Waals surface area contributed by atoms with Crippen molar-refractivity contribution < 1.29 is 13.7 Å². The van der Waals surface area contributed by atoms with E-state index in [9.17, 15) is 9.00 Å². The molecule has 1 unspecified atom stereocenters. The topological polar surface area (TPSA) is 43.4 Å². The summed E-state index contributed by atoms with van der Waals surface area (Å²) in [4.78, 5) is 10.9. The lowest BCUT2D eigenvalue weighted by Crippen LogP contribution is -2.13. The molecule has 82 valence electrons. The Kier molecular flexibility index (Phi) is 4.49. The normalized spacial score (nSPS) is 12.1. The average molecular weight is 226 g/mol. The number of aryl methyl sites for hydroxylation is 1. The summed E-state index contributed by atoms with van der Waals surface area (Å²) in [6.45, 7) is 1.96. The highest BCUT2D eigenvalue weighted by Gasteiger charge is 2.09. The van der Waals surface area contributed by atoms with Gasteiger partial charge in [0, 0.05) is 16.6 Å². The Hall–Kier alpha value is -1.16. The summed E-state index contributed by atoms with van der Waals surface area (Å²) >= 11 is 0. The third-order valence-corrected chi connectivity index (χ3v) is 3.27. The Morgan fingerprint density at radius 1 is 1.40 bits per heavy atom. The van der Waals surface area contributed by atoms with Gasteiger partial charge in [0.25, 0.3) is 0 Å². The minimum Gasteiger partial charge on any atom is -0.468 e. The van der Waals surface area contributed by atoms with Crippen molar-refractivity contribution in [2.45, 2.75) is 12.7 Å². The predicted octanol–water partition coefficient (Wildman–Crippen LogP) is 1.42. The van der Waals surface area contributed by atoms with Crippen LogP contribution in [-0.2, 0) is 26.1 Å². The van der Waals surface area contributed by atoms with Crippen LogP contribution >= 0.6 is 0 Å². The SMILES string of the molecule is COC(=O)CS(=O)Cc1ccccc1C. The van der Waals surface area contributed by atoms with E-state index in [-0.39, 0.29) is 5.75 Å². The highest BCUT2D eigenvalue weighted by atomic mass is 32.2. The molecule has 0 saturated heterocycles. The molecule has 4 heteroatoms. The van der Waals surface area contributed by atoms with Gasteiger partial charge in [-0.05, 0) is 18.1 Å². The first-order valence-electron chi connectivity index (χ1n) is 4.59. The van der Waals surface area contributed by atoms with E-state index in [0.717, 1.165) is 11.1 Å². The maximum atomic E-state index is 11.5. The molecule has 3 nitrogen and oxygen atoms in total. The molecule has 1 aromatic rings. The van der Waals surface area contributed by atoms with Gasteiger partial charge in [-0.15, -0.1) is 0 Å². The van der Waals surface area contributed by atoms with Gasteiger partial charge in [0.2, 0.25) is 0 Å². The second-order valence-electron chi connectivity index (χ2n) is 3.23. The minimum absolute atomic E-state index is 0.0369. The summed E-state index contributed by atoms with van der Waals surface area (Å²) in [5, 5.41) is 0. The van der Waals surface area contributed by atoms with Crippen LogP contribution in [0.1, 0.15) is 11.1 Å². The van der Waals surface area contributed by atoms with Gasteiger partial charge in [-0.25, -0.2) is 0 Å². The molecule has 0 aliphatic carbocycles. The van der Waals surface area contributed by atoms with Crippen LogP contribution in [-0.4, -0.2) is 23.0 Å². The van der Waals surface area contributed by atoms with Crippen LogP contribution in [0.2, 0.25) is 0 Å².